The van der Waals surface area contributed by atoms with E-state index in [1.54, 1.807) is 24.5 Å². The second-order valence-electron chi connectivity index (χ2n) is 6.97. The lowest BCUT2D eigenvalue weighted by Gasteiger charge is -2.31. The highest BCUT2D eigenvalue weighted by molar-refractivity contribution is 6.02. The fourth-order valence-corrected chi connectivity index (χ4v) is 3.52. The van der Waals surface area contributed by atoms with Crippen LogP contribution in [0.2, 0.25) is 0 Å². The largest absolute Gasteiger partial charge is 0.322 e. The van der Waals surface area contributed by atoms with Gasteiger partial charge in [0.2, 0.25) is 5.91 Å². The van der Waals surface area contributed by atoms with Gasteiger partial charge in [-0.15, -0.1) is 0 Å². The molecule has 1 heterocycles. The Hall–Kier alpha value is -2.46. The third-order valence-electron chi connectivity index (χ3n) is 5.00. The number of hydrogen-bond donors (Lipinski definition) is 1. The summed E-state index contributed by atoms with van der Waals surface area (Å²) in [6.45, 7) is 0.855. The summed E-state index contributed by atoms with van der Waals surface area (Å²) in [5.74, 6) is -0.123. The van der Waals surface area contributed by atoms with Crippen molar-refractivity contribution in [3.05, 3.63) is 66.0 Å². The zero-order chi connectivity index (χ0) is 18.2. The van der Waals surface area contributed by atoms with Gasteiger partial charge in [-0.1, -0.05) is 43.5 Å². The van der Waals surface area contributed by atoms with E-state index in [1.807, 2.05) is 30.3 Å². The summed E-state index contributed by atoms with van der Waals surface area (Å²) in [6, 6.07) is 12.5. The lowest BCUT2D eigenvalue weighted by atomic mass is 9.94. The van der Waals surface area contributed by atoms with Crippen LogP contribution in [0.4, 0.5) is 5.69 Å². The SMILES string of the molecule is CN(Cc1ccccc1NC(=O)/C=C/c1cccnc1)C1CCCCC1. The number of para-hydroxylation sites is 1. The molecule has 2 aromatic rings. The molecular formula is C22H27N3O. The van der Waals surface area contributed by atoms with Crippen molar-refractivity contribution in [3.63, 3.8) is 0 Å². The maximum absolute atomic E-state index is 12.3. The molecular weight excluding hydrogens is 322 g/mol. The first-order chi connectivity index (χ1) is 12.7. The van der Waals surface area contributed by atoms with Crippen molar-refractivity contribution in [1.82, 2.24) is 9.88 Å². The Morgan fingerprint density at radius 2 is 2.00 bits per heavy atom. The van der Waals surface area contributed by atoms with Crippen LogP contribution in [0.25, 0.3) is 6.08 Å². The molecule has 0 unspecified atom stereocenters. The van der Waals surface area contributed by atoms with Crippen LogP contribution in [0.1, 0.15) is 43.2 Å². The van der Waals surface area contributed by atoms with Gasteiger partial charge in [0.1, 0.15) is 0 Å². The van der Waals surface area contributed by atoms with E-state index in [0.29, 0.717) is 6.04 Å². The number of carbonyl (C=O) groups excluding carboxylic acids is 1. The Balaban J connectivity index is 1.63. The smallest absolute Gasteiger partial charge is 0.248 e. The van der Waals surface area contributed by atoms with Crippen LogP contribution in [0, 0.1) is 0 Å². The number of rotatable bonds is 6. The van der Waals surface area contributed by atoms with Gasteiger partial charge in [-0.05, 0) is 49.2 Å². The van der Waals surface area contributed by atoms with Crippen LogP contribution in [0.3, 0.4) is 0 Å². The molecule has 1 aromatic heterocycles. The molecule has 0 bridgehead atoms. The van der Waals surface area contributed by atoms with Crippen molar-refractivity contribution in [2.24, 2.45) is 0 Å². The van der Waals surface area contributed by atoms with Gasteiger partial charge in [-0.3, -0.25) is 14.7 Å². The molecule has 0 radical (unpaired) electrons. The van der Waals surface area contributed by atoms with Gasteiger partial charge in [0.05, 0.1) is 0 Å². The summed E-state index contributed by atoms with van der Waals surface area (Å²) in [5, 5.41) is 3.02. The molecule has 3 rings (SSSR count). The first-order valence-electron chi connectivity index (χ1n) is 9.39. The lowest BCUT2D eigenvalue weighted by molar-refractivity contribution is -0.111. The molecule has 1 aromatic carbocycles. The van der Waals surface area contributed by atoms with Crippen LogP contribution in [-0.2, 0) is 11.3 Å². The molecule has 26 heavy (non-hydrogen) atoms. The minimum atomic E-state index is -0.123. The summed E-state index contributed by atoms with van der Waals surface area (Å²) in [5.41, 5.74) is 2.95. The molecule has 1 N–H and O–H groups in total. The molecule has 0 spiro atoms. The average Bonchev–Trinajstić information content (AvgIpc) is 2.69. The Morgan fingerprint density at radius 1 is 1.19 bits per heavy atom. The lowest BCUT2D eigenvalue weighted by Crippen LogP contribution is -2.33. The standard InChI is InChI=1S/C22H27N3O/c1-25(20-10-3-2-4-11-20)17-19-9-5-6-12-21(19)24-22(26)14-13-18-8-7-15-23-16-18/h5-9,12-16,20H,2-4,10-11,17H2,1H3,(H,24,26)/b14-13+. The molecule has 4 heteroatoms. The van der Waals surface area contributed by atoms with Gasteiger partial charge >= 0.3 is 0 Å². The zero-order valence-electron chi connectivity index (χ0n) is 15.4. The van der Waals surface area contributed by atoms with E-state index < -0.39 is 0 Å². The maximum Gasteiger partial charge on any atom is 0.248 e. The first-order valence-corrected chi connectivity index (χ1v) is 9.39. The van der Waals surface area contributed by atoms with Crippen molar-refractivity contribution in [3.8, 4) is 0 Å². The van der Waals surface area contributed by atoms with E-state index >= 15 is 0 Å². The normalized spacial score (nSPS) is 15.5. The van der Waals surface area contributed by atoms with Crippen molar-refractivity contribution < 1.29 is 4.79 Å². The summed E-state index contributed by atoms with van der Waals surface area (Å²) in [6.07, 6.45) is 13.3. The molecule has 0 atom stereocenters. The molecule has 1 aliphatic rings. The van der Waals surface area contributed by atoms with Crippen LogP contribution in [0.15, 0.2) is 54.9 Å². The third kappa shape index (κ3) is 5.27. The molecule has 136 valence electrons. The van der Waals surface area contributed by atoms with Gasteiger partial charge < -0.3 is 5.32 Å². The van der Waals surface area contributed by atoms with Crippen LogP contribution < -0.4 is 5.32 Å². The number of hydrogen-bond acceptors (Lipinski definition) is 3. The number of nitrogens with zero attached hydrogens (tertiary/aromatic N) is 2. The molecule has 1 amide bonds. The number of carbonyl (C=O) groups is 1. The molecule has 1 saturated carbocycles. The highest BCUT2D eigenvalue weighted by Gasteiger charge is 2.18. The van der Waals surface area contributed by atoms with Crippen molar-refractivity contribution in [2.45, 2.75) is 44.7 Å². The summed E-state index contributed by atoms with van der Waals surface area (Å²) >= 11 is 0. The van der Waals surface area contributed by atoms with Crippen LogP contribution in [-0.4, -0.2) is 28.9 Å². The molecule has 0 aliphatic heterocycles. The summed E-state index contributed by atoms with van der Waals surface area (Å²) < 4.78 is 0. The monoisotopic (exact) mass is 349 g/mol. The van der Waals surface area contributed by atoms with Crippen molar-refractivity contribution in [1.29, 1.82) is 0 Å². The van der Waals surface area contributed by atoms with Crippen LogP contribution >= 0.6 is 0 Å². The quantitative estimate of drug-likeness (QED) is 0.781. The van der Waals surface area contributed by atoms with Gasteiger partial charge in [-0.25, -0.2) is 0 Å². The first kappa shape index (κ1) is 18.3. The second-order valence-corrected chi connectivity index (χ2v) is 6.97. The number of benzene rings is 1. The minimum Gasteiger partial charge on any atom is -0.322 e. The number of anilines is 1. The van der Waals surface area contributed by atoms with E-state index in [9.17, 15) is 4.79 Å². The van der Waals surface area contributed by atoms with E-state index in [1.165, 1.54) is 32.1 Å². The van der Waals surface area contributed by atoms with Crippen LogP contribution in [0.5, 0.6) is 0 Å². The fourth-order valence-electron chi connectivity index (χ4n) is 3.52. The van der Waals surface area contributed by atoms with E-state index in [0.717, 1.165) is 23.4 Å². The molecule has 4 nitrogen and oxygen atoms in total. The van der Waals surface area contributed by atoms with E-state index in [2.05, 4.69) is 28.3 Å². The highest BCUT2D eigenvalue weighted by Crippen LogP contribution is 2.24. The molecule has 1 aliphatic carbocycles. The summed E-state index contributed by atoms with van der Waals surface area (Å²) in [4.78, 5) is 18.8. The number of amides is 1. The minimum absolute atomic E-state index is 0.123. The highest BCUT2D eigenvalue weighted by atomic mass is 16.1. The second kappa shape index (κ2) is 9.30. The average molecular weight is 349 g/mol. The Labute approximate surface area is 155 Å². The van der Waals surface area contributed by atoms with Gasteiger partial charge in [0.15, 0.2) is 0 Å². The number of pyridine rings is 1. The zero-order valence-corrected chi connectivity index (χ0v) is 15.4. The molecule has 1 fully saturated rings. The number of nitrogens with one attached hydrogen (secondary N) is 1. The van der Waals surface area contributed by atoms with E-state index in [-0.39, 0.29) is 5.91 Å². The Bertz CT molecular complexity index is 736. The summed E-state index contributed by atoms with van der Waals surface area (Å²) in [7, 11) is 2.19. The Kier molecular flexibility index (Phi) is 6.56. The fraction of sp³-hybridized carbons (Fsp3) is 0.364. The maximum atomic E-state index is 12.3. The number of aromatic nitrogens is 1. The topological polar surface area (TPSA) is 45.2 Å². The van der Waals surface area contributed by atoms with Crippen molar-refractivity contribution in [2.75, 3.05) is 12.4 Å². The predicted octanol–water partition coefficient (Wildman–Crippen LogP) is 4.50. The van der Waals surface area contributed by atoms with Crippen molar-refractivity contribution >= 4 is 17.7 Å². The third-order valence-corrected chi connectivity index (χ3v) is 5.00. The molecule has 0 saturated heterocycles. The van der Waals surface area contributed by atoms with E-state index in [4.69, 9.17) is 0 Å². The van der Waals surface area contributed by atoms with Gasteiger partial charge in [0, 0.05) is 36.7 Å². The van der Waals surface area contributed by atoms with Gasteiger partial charge in [-0.2, -0.15) is 0 Å². The predicted molar refractivity (Wildman–Crippen MR) is 107 cm³/mol. The van der Waals surface area contributed by atoms with Gasteiger partial charge in [0.25, 0.3) is 0 Å². The Morgan fingerprint density at radius 3 is 2.77 bits per heavy atom.